The molecule has 0 saturated carbocycles. The Balaban J connectivity index is 1.54. The molecule has 2 saturated heterocycles. The molecule has 0 spiro atoms. The van der Waals surface area contributed by atoms with Gasteiger partial charge in [0.2, 0.25) is 10.0 Å². The van der Waals surface area contributed by atoms with E-state index in [0.717, 1.165) is 37.2 Å². The minimum atomic E-state index is -3.70. The summed E-state index contributed by atoms with van der Waals surface area (Å²) in [4.78, 5) is 15.7. The van der Waals surface area contributed by atoms with Crippen molar-refractivity contribution in [2.45, 2.75) is 30.7 Å². The van der Waals surface area contributed by atoms with Gasteiger partial charge in [-0.15, -0.1) is 0 Å². The van der Waals surface area contributed by atoms with Crippen LogP contribution in [0.25, 0.3) is 0 Å². The molecule has 184 valence electrons. The predicted octanol–water partition coefficient (Wildman–Crippen LogP) is 2.59. The Kier molecular flexibility index (Phi) is 7.88. The van der Waals surface area contributed by atoms with Crippen molar-refractivity contribution >= 4 is 15.9 Å². The summed E-state index contributed by atoms with van der Waals surface area (Å²) < 4.78 is 38.7. The van der Waals surface area contributed by atoms with Crippen LogP contribution in [0.15, 0.2) is 47.4 Å². The largest absolute Gasteiger partial charge is 0.496 e. The third-order valence-corrected chi connectivity index (χ3v) is 8.61. The molecule has 2 fully saturated rings. The van der Waals surface area contributed by atoms with Gasteiger partial charge >= 0.3 is 0 Å². The number of carbonyl (C=O) groups excluding carboxylic acids is 1. The fourth-order valence-corrected chi connectivity index (χ4v) is 6.33. The van der Waals surface area contributed by atoms with Gasteiger partial charge in [0.1, 0.15) is 5.75 Å². The number of aryl methyl sites for hydroxylation is 1. The zero-order chi connectivity index (χ0) is 24.1. The van der Waals surface area contributed by atoms with Crippen LogP contribution in [0.4, 0.5) is 0 Å². The summed E-state index contributed by atoms with van der Waals surface area (Å²) in [6, 6.07) is 12.7. The molecular weight excluding hydrogens is 454 g/mol. The number of benzene rings is 2. The van der Waals surface area contributed by atoms with E-state index in [4.69, 9.17) is 9.47 Å². The summed E-state index contributed by atoms with van der Waals surface area (Å²) in [5.74, 6) is 0.500. The second-order valence-electron chi connectivity index (χ2n) is 8.71. The summed E-state index contributed by atoms with van der Waals surface area (Å²) in [7, 11) is -2.04. The van der Waals surface area contributed by atoms with E-state index < -0.39 is 10.0 Å². The van der Waals surface area contributed by atoms with Gasteiger partial charge in [0.05, 0.1) is 31.3 Å². The van der Waals surface area contributed by atoms with Crippen LogP contribution in [0.3, 0.4) is 0 Å². The van der Waals surface area contributed by atoms with E-state index in [1.54, 1.807) is 26.2 Å². The van der Waals surface area contributed by atoms with Gasteiger partial charge in [-0.25, -0.2) is 8.42 Å². The lowest BCUT2D eigenvalue weighted by molar-refractivity contribution is 0.0730. The molecule has 4 rings (SSSR count). The highest BCUT2D eigenvalue weighted by Crippen LogP contribution is 2.31. The van der Waals surface area contributed by atoms with Crippen molar-refractivity contribution in [3.8, 4) is 5.75 Å². The smallest absolute Gasteiger partial charge is 0.251 e. The molecule has 1 N–H and O–H groups in total. The molecule has 34 heavy (non-hydrogen) atoms. The predicted molar refractivity (Wildman–Crippen MR) is 130 cm³/mol. The summed E-state index contributed by atoms with van der Waals surface area (Å²) >= 11 is 0. The van der Waals surface area contributed by atoms with Crippen LogP contribution in [0.1, 0.15) is 40.4 Å². The first kappa shape index (κ1) is 24.7. The maximum Gasteiger partial charge on any atom is 0.251 e. The van der Waals surface area contributed by atoms with Crippen LogP contribution in [-0.2, 0) is 14.8 Å². The van der Waals surface area contributed by atoms with Crippen molar-refractivity contribution in [3.63, 3.8) is 0 Å². The van der Waals surface area contributed by atoms with Crippen LogP contribution >= 0.6 is 0 Å². The molecule has 2 heterocycles. The van der Waals surface area contributed by atoms with Crippen LogP contribution in [0, 0.1) is 6.92 Å². The summed E-state index contributed by atoms with van der Waals surface area (Å²) in [6.07, 6.45) is 2.25. The molecule has 0 aromatic heterocycles. The topological polar surface area (TPSA) is 88.2 Å². The lowest BCUT2D eigenvalue weighted by atomic mass is 10.0. The van der Waals surface area contributed by atoms with E-state index in [2.05, 4.69) is 10.2 Å². The number of carbonyl (C=O) groups is 1. The molecule has 2 aromatic carbocycles. The van der Waals surface area contributed by atoms with Crippen molar-refractivity contribution in [1.82, 2.24) is 14.5 Å². The van der Waals surface area contributed by atoms with Crippen LogP contribution in [0.2, 0.25) is 0 Å². The Morgan fingerprint density at radius 1 is 1.09 bits per heavy atom. The molecule has 1 amide bonds. The molecule has 0 aliphatic carbocycles. The third-order valence-electron chi connectivity index (χ3n) is 6.57. The monoisotopic (exact) mass is 487 g/mol. The van der Waals surface area contributed by atoms with E-state index in [-0.39, 0.29) is 16.8 Å². The first-order valence-corrected chi connectivity index (χ1v) is 13.2. The van der Waals surface area contributed by atoms with Gasteiger partial charge in [0.25, 0.3) is 5.91 Å². The highest BCUT2D eigenvalue weighted by atomic mass is 32.2. The van der Waals surface area contributed by atoms with Gasteiger partial charge in [0, 0.05) is 30.8 Å². The number of ether oxygens (including phenoxy) is 2. The van der Waals surface area contributed by atoms with Crippen LogP contribution in [-0.4, -0.2) is 76.6 Å². The average Bonchev–Trinajstić information content (AvgIpc) is 3.39. The molecule has 0 unspecified atom stereocenters. The fourth-order valence-electron chi connectivity index (χ4n) is 4.67. The number of nitrogens with one attached hydrogen (secondary N) is 1. The molecule has 0 radical (unpaired) electrons. The molecule has 2 aromatic rings. The Labute approximate surface area is 201 Å². The minimum absolute atomic E-state index is 0.0235. The Morgan fingerprint density at radius 2 is 1.79 bits per heavy atom. The first-order chi connectivity index (χ1) is 16.4. The number of methoxy groups -OCH3 is 1. The Bertz CT molecular complexity index is 1110. The zero-order valence-electron chi connectivity index (χ0n) is 19.8. The molecule has 8 nitrogen and oxygen atoms in total. The van der Waals surface area contributed by atoms with E-state index >= 15 is 0 Å². The van der Waals surface area contributed by atoms with Crippen LogP contribution < -0.4 is 10.1 Å². The molecule has 2 aliphatic rings. The molecular formula is C25H33N3O5S. The van der Waals surface area contributed by atoms with Crippen molar-refractivity contribution in [2.75, 3.05) is 53.0 Å². The number of morpholine rings is 1. The maximum absolute atomic E-state index is 13.2. The van der Waals surface area contributed by atoms with E-state index in [1.165, 1.54) is 10.4 Å². The van der Waals surface area contributed by atoms with Crippen molar-refractivity contribution < 1.29 is 22.7 Å². The average molecular weight is 488 g/mol. The van der Waals surface area contributed by atoms with Gasteiger partial charge in [-0.3, -0.25) is 9.69 Å². The van der Waals surface area contributed by atoms with Gasteiger partial charge < -0.3 is 14.8 Å². The number of hydrogen-bond donors (Lipinski definition) is 1. The normalized spacial score (nSPS) is 18.5. The Morgan fingerprint density at radius 3 is 2.50 bits per heavy atom. The molecule has 0 bridgehead atoms. The number of hydrogen-bond acceptors (Lipinski definition) is 6. The van der Waals surface area contributed by atoms with Gasteiger partial charge in [-0.2, -0.15) is 4.31 Å². The second-order valence-corrected chi connectivity index (χ2v) is 10.6. The summed E-state index contributed by atoms with van der Waals surface area (Å²) in [5.41, 5.74) is 1.98. The van der Waals surface area contributed by atoms with Gasteiger partial charge in [-0.05, 0) is 56.6 Å². The number of sulfonamides is 1. The molecule has 9 heteroatoms. The number of para-hydroxylation sites is 1. The SMILES string of the molecule is COc1ccccc1[C@@H](CNC(=O)c1ccc(C)c(S(=O)(=O)N2CCOCC2)c1)N1CCCC1. The van der Waals surface area contributed by atoms with Gasteiger partial charge in [0.15, 0.2) is 0 Å². The minimum Gasteiger partial charge on any atom is -0.496 e. The van der Waals surface area contributed by atoms with Crippen molar-refractivity contribution in [1.29, 1.82) is 0 Å². The lowest BCUT2D eigenvalue weighted by Crippen LogP contribution is -2.41. The maximum atomic E-state index is 13.2. The number of nitrogens with zero attached hydrogens (tertiary/aromatic N) is 2. The van der Waals surface area contributed by atoms with Crippen molar-refractivity contribution in [3.05, 3.63) is 59.2 Å². The number of rotatable bonds is 8. The zero-order valence-corrected chi connectivity index (χ0v) is 20.6. The standard InChI is InChI=1S/C25H33N3O5S/c1-19-9-10-20(17-24(19)34(30,31)28-13-15-33-16-14-28)25(29)26-18-22(27-11-5-6-12-27)21-7-3-4-8-23(21)32-2/h3-4,7-10,17,22H,5-6,11-16,18H2,1-2H3,(H,26,29)/t22-/m1/s1. The van der Waals surface area contributed by atoms with Gasteiger partial charge in [-0.1, -0.05) is 24.3 Å². The summed E-state index contributed by atoms with van der Waals surface area (Å²) in [6.45, 7) is 5.46. The van der Waals surface area contributed by atoms with E-state index in [0.29, 0.717) is 44.0 Å². The van der Waals surface area contributed by atoms with Crippen molar-refractivity contribution in [2.24, 2.45) is 0 Å². The Hall–Kier alpha value is -2.46. The first-order valence-electron chi connectivity index (χ1n) is 11.8. The van der Waals surface area contributed by atoms with Crippen LogP contribution in [0.5, 0.6) is 5.75 Å². The molecule has 2 aliphatic heterocycles. The quantitative estimate of drug-likeness (QED) is 0.616. The second kappa shape index (κ2) is 10.9. The number of amides is 1. The highest BCUT2D eigenvalue weighted by Gasteiger charge is 2.29. The fraction of sp³-hybridized carbons (Fsp3) is 0.480. The lowest BCUT2D eigenvalue weighted by Gasteiger charge is -2.29. The van der Waals surface area contributed by atoms with E-state index in [1.807, 2.05) is 24.3 Å². The summed E-state index contributed by atoms with van der Waals surface area (Å²) in [5, 5.41) is 3.04. The third kappa shape index (κ3) is 5.27. The number of likely N-dealkylation sites (tertiary alicyclic amines) is 1. The van der Waals surface area contributed by atoms with E-state index in [9.17, 15) is 13.2 Å². The molecule has 1 atom stereocenters. The highest BCUT2D eigenvalue weighted by molar-refractivity contribution is 7.89.